The normalized spacial score (nSPS) is 10.2. The summed E-state index contributed by atoms with van der Waals surface area (Å²) in [5.74, 6) is 0.365. The molecule has 1 aromatic carbocycles. The summed E-state index contributed by atoms with van der Waals surface area (Å²) in [4.78, 5) is 18.5. The molecule has 0 aliphatic heterocycles. The van der Waals surface area contributed by atoms with E-state index in [-0.39, 0.29) is 17.3 Å². The molecule has 4 N–H and O–H groups in total. The Labute approximate surface area is 97.7 Å². The van der Waals surface area contributed by atoms with Crippen LogP contribution in [0.1, 0.15) is 5.56 Å². The first kappa shape index (κ1) is 11.0. The Morgan fingerprint density at radius 3 is 2.35 bits per heavy atom. The second-order valence-electron chi connectivity index (χ2n) is 3.63. The number of hydrogen-bond donors (Lipinski definition) is 2. The maximum absolute atomic E-state index is 10.5. The van der Waals surface area contributed by atoms with Crippen LogP contribution in [0, 0.1) is 11.8 Å². The maximum Gasteiger partial charge on any atom is 0.192 e. The van der Waals surface area contributed by atoms with Gasteiger partial charge in [0.05, 0.1) is 0 Å². The van der Waals surface area contributed by atoms with Crippen LogP contribution in [0.3, 0.4) is 0 Å². The van der Waals surface area contributed by atoms with Gasteiger partial charge in [-0.3, -0.25) is 0 Å². The number of hydrogen-bond acceptors (Lipinski definition) is 6. The fourth-order valence-corrected chi connectivity index (χ4v) is 1.50. The minimum atomic E-state index is -0.110. The summed E-state index contributed by atoms with van der Waals surface area (Å²) in [6, 6.07) is 7.58. The van der Waals surface area contributed by atoms with Gasteiger partial charge in [0.15, 0.2) is 23.1 Å². The summed E-state index contributed by atoms with van der Waals surface area (Å²) in [6.07, 6.45) is 0. The molecular weight excluding hydrogens is 218 g/mol. The second kappa shape index (κ2) is 4.17. The predicted molar refractivity (Wildman–Crippen MR) is 66.5 cm³/mol. The molecule has 0 fully saturated rings. The molecule has 0 saturated carbocycles. The van der Waals surface area contributed by atoms with Gasteiger partial charge in [0.2, 0.25) is 0 Å². The molecule has 0 spiro atoms. The second-order valence-corrected chi connectivity index (χ2v) is 3.63. The summed E-state index contributed by atoms with van der Waals surface area (Å²) in [7, 11) is 0. The summed E-state index contributed by atoms with van der Waals surface area (Å²) < 4.78 is 0. The van der Waals surface area contributed by atoms with E-state index in [4.69, 9.17) is 11.5 Å². The van der Waals surface area contributed by atoms with E-state index in [0.29, 0.717) is 5.82 Å². The van der Waals surface area contributed by atoms with E-state index in [1.54, 1.807) is 0 Å². The maximum atomic E-state index is 10.5. The van der Waals surface area contributed by atoms with Crippen LogP contribution in [0.15, 0.2) is 29.4 Å². The number of nitrogens with two attached hydrogens (primary N) is 2. The smallest absolute Gasteiger partial charge is 0.192 e. The number of aryl methyl sites for hydroxylation is 1. The summed E-state index contributed by atoms with van der Waals surface area (Å²) in [5, 5.41) is 2.70. The number of anilines is 2. The van der Waals surface area contributed by atoms with Gasteiger partial charge in [-0.15, -0.1) is 4.91 Å². The average molecular weight is 229 g/mol. The summed E-state index contributed by atoms with van der Waals surface area (Å²) >= 11 is 0. The molecule has 0 aliphatic rings. The molecule has 6 heteroatoms. The number of benzene rings is 1. The molecule has 0 radical (unpaired) electrons. The van der Waals surface area contributed by atoms with Gasteiger partial charge in [0.1, 0.15) is 0 Å². The van der Waals surface area contributed by atoms with E-state index in [1.807, 2.05) is 31.2 Å². The highest BCUT2D eigenvalue weighted by atomic mass is 16.3. The highest BCUT2D eigenvalue weighted by Gasteiger charge is 2.11. The average Bonchev–Trinajstić information content (AvgIpc) is 2.28. The van der Waals surface area contributed by atoms with E-state index in [2.05, 4.69) is 15.1 Å². The Bertz CT molecular complexity index is 559. The lowest BCUT2D eigenvalue weighted by Gasteiger charge is -2.05. The molecule has 0 atom stereocenters. The highest BCUT2D eigenvalue weighted by Crippen LogP contribution is 2.28. The van der Waals surface area contributed by atoms with Gasteiger partial charge >= 0.3 is 0 Å². The topological polar surface area (TPSA) is 107 Å². The van der Waals surface area contributed by atoms with Crippen LogP contribution in [-0.4, -0.2) is 9.97 Å². The Morgan fingerprint density at radius 2 is 1.82 bits per heavy atom. The fourth-order valence-electron chi connectivity index (χ4n) is 1.50. The summed E-state index contributed by atoms with van der Waals surface area (Å²) in [6.45, 7) is 1.96. The third-order valence-electron chi connectivity index (χ3n) is 2.31. The van der Waals surface area contributed by atoms with Gasteiger partial charge in [-0.25, -0.2) is 9.97 Å². The van der Waals surface area contributed by atoms with Crippen molar-refractivity contribution < 1.29 is 0 Å². The van der Waals surface area contributed by atoms with Crippen molar-refractivity contribution >= 4 is 17.3 Å². The number of aromatic nitrogens is 2. The lowest BCUT2D eigenvalue weighted by Crippen LogP contribution is -2.01. The zero-order chi connectivity index (χ0) is 12.4. The van der Waals surface area contributed by atoms with Crippen LogP contribution in [0.5, 0.6) is 0 Å². The molecule has 86 valence electrons. The first-order valence-corrected chi connectivity index (χ1v) is 4.95. The van der Waals surface area contributed by atoms with Crippen molar-refractivity contribution in [3.05, 3.63) is 34.7 Å². The molecule has 2 rings (SSSR count). The lowest BCUT2D eigenvalue weighted by atomic mass is 10.1. The van der Waals surface area contributed by atoms with Gasteiger partial charge in [0.25, 0.3) is 0 Å². The minimum absolute atomic E-state index is 0.0102. The van der Waals surface area contributed by atoms with Gasteiger partial charge in [0, 0.05) is 5.56 Å². The first-order valence-electron chi connectivity index (χ1n) is 4.95. The van der Waals surface area contributed by atoms with E-state index in [1.165, 1.54) is 0 Å². The molecule has 0 saturated heterocycles. The van der Waals surface area contributed by atoms with Crippen molar-refractivity contribution in [1.82, 2.24) is 9.97 Å². The molecule has 6 nitrogen and oxygen atoms in total. The quantitative estimate of drug-likeness (QED) is 0.766. The number of nitrogen functional groups attached to an aromatic ring is 2. The molecular formula is C11H11N5O. The van der Waals surface area contributed by atoms with Crippen molar-refractivity contribution in [2.24, 2.45) is 5.18 Å². The Morgan fingerprint density at radius 1 is 1.18 bits per heavy atom. The number of rotatable bonds is 2. The van der Waals surface area contributed by atoms with Crippen LogP contribution >= 0.6 is 0 Å². The third kappa shape index (κ3) is 2.05. The third-order valence-corrected chi connectivity index (χ3v) is 2.31. The van der Waals surface area contributed by atoms with Crippen LogP contribution in [-0.2, 0) is 0 Å². The van der Waals surface area contributed by atoms with Crippen LogP contribution in [0.4, 0.5) is 17.3 Å². The van der Waals surface area contributed by atoms with Crippen LogP contribution in [0.25, 0.3) is 11.4 Å². The Kier molecular flexibility index (Phi) is 2.70. The van der Waals surface area contributed by atoms with Crippen LogP contribution < -0.4 is 11.5 Å². The summed E-state index contributed by atoms with van der Waals surface area (Å²) in [5.41, 5.74) is 12.9. The van der Waals surface area contributed by atoms with Gasteiger partial charge in [-0.05, 0) is 18.2 Å². The monoisotopic (exact) mass is 229 g/mol. The molecule has 0 amide bonds. The molecule has 17 heavy (non-hydrogen) atoms. The molecule has 0 aliphatic carbocycles. The van der Waals surface area contributed by atoms with E-state index < -0.39 is 0 Å². The predicted octanol–water partition coefficient (Wildman–Crippen LogP) is 2.01. The minimum Gasteiger partial charge on any atom is -0.382 e. The van der Waals surface area contributed by atoms with Gasteiger partial charge in [-0.2, -0.15) is 0 Å². The van der Waals surface area contributed by atoms with E-state index in [9.17, 15) is 4.91 Å². The first-order chi connectivity index (χ1) is 8.11. The standard InChI is InChI=1S/C11H11N5O/c1-6-3-2-4-7(5-6)11-14-9(12)8(16-17)10(13)15-11/h2-5H,1H3,(H4,12,13,14,15). The Hall–Kier alpha value is -2.50. The lowest BCUT2D eigenvalue weighted by molar-refractivity contribution is 1.18. The zero-order valence-electron chi connectivity index (χ0n) is 9.21. The molecule has 1 heterocycles. The highest BCUT2D eigenvalue weighted by molar-refractivity contribution is 5.73. The molecule has 2 aromatic rings. The SMILES string of the molecule is Cc1cccc(-c2nc(N)c(N=O)c(N)n2)c1. The Balaban J connectivity index is 2.58. The number of nitroso groups, excluding NO2 is 1. The van der Waals surface area contributed by atoms with Crippen molar-refractivity contribution in [3.8, 4) is 11.4 Å². The van der Waals surface area contributed by atoms with Gasteiger partial charge < -0.3 is 11.5 Å². The molecule has 0 bridgehead atoms. The van der Waals surface area contributed by atoms with Crippen LogP contribution in [0.2, 0.25) is 0 Å². The van der Waals surface area contributed by atoms with E-state index in [0.717, 1.165) is 11.1 Å². The van der Waals surface area contributed by atoms with Crippen molar-refractivity contribution in [2.75, 3.05) is 11.5 Å². The van der Waals surface area contributed by atoms with Crippen molar-refractivity contribution in [3.63, 3.8) is 0 Å². The number of nitrogens with zero attached hydrogens (tertiary/aromatic N) is 3. The largest absolute Gasteiger partial charge is 0.382 e. The van der Waals surface area contributed by atoms with Crippen molar-refractivity contribution in [2.45, 2.75) is 6.92 Å². The zero-order valence-corrected chi connectivity index (χ0v) is 9.21. The van der Waals surface area contributed by atoms with Crippen molar-refractivity contribution in [1.29, 1.82) is 0 Å². The molecule has 1 aromatic heterocycles. The van der Waals surface area contributed by atoms with E-state index >= 15 is 0 Å². The van der Waals surface area contributed by atoms with Gasteiger partial charge in [-0.1, -0.05) is 23.8 Å². The molecule has 0 unspecified atom stereocenters. The fraction of sp³-hybridized carbons (Fsp3) is 0.0909.